The zero-order chi connectivity index (χ0) is 13.8. The van der Waals surface area contributed by atoms with Gasteiger partial charge < -0.3 is 0 Å². The number of benzene rings is 1. The van der Waals surface area contributed by atoms with Gasteiger partial charge in [0, 0.05) is 27.5 Å². The molecule has 1 aromatic rings. The van der Waals surface area contributed by atoms with E-state index >= 15 is 0 Å². The third-order valence-corrected chi connectivity index (χ3v) is 3.87. The molecule has 7 heteroatoms. The highest BCUT2D eigenvalue weighted by Crippen LogP contribution is 2.40. The lowest BCUT2D eigenvalue weighted by atomic mass is 10.0. The Bertz CT molecular complexity index is 435. The van der Waals surface area contributed by atoms with Crippen molar-refractivity contribution in [3.05, 3.63) is 29.3 Å². The predicted molar refractivity (Wildman–Crippen MR) is 73.7 cm³/mol. The van der Waals surface area contributed by atoms with Crippen molar-refractivity contribution < 1.29 is 18.0 Å². The van der Waals surface area contributed by atoms with Gasteiger partial charge in [-0.05, 0) is 23.4 Å². The maximum Gasteiger partial charge on any atom is 0.446 e. The van der Waals surface area contributed by atoms with E-state index in [2.05, 4.69) is 31.9 Å². The molecule has 0 radical (unpaired) electrons. The van der Waals surface area contributed by atoms with E-state index in [-0.39, 0.29) is 34.4 Å². The molecular weight excluding hydrogens is 397 g/mol. The summed E-state index contributed by atoms with van der Waals surface area (Å²) >= 11 is 6.06. The molecule has 0 bridgehead atoms. The van der Waals surface area contributed by atoms with Crippen LogP contribution < -0.4 is 0 Å². The summed E-state index contributed by atoms with van der Waals surface area (Å²) < 4.78 is 37.3. The highest BCUT2D eigenvalue weighted by atomic mass is 79.9. The Morgan fingerprint density at radius 2 is 1.94 bits per heavy atom. The number of ketones is 1. The molecule has 0 aliphatic heterocycles. The number of rotatable bonds is 5. The fourth-order valence-electron chi connectivity index (χ4n) is 1.42. The van der Waals surface area contributed by atoms with E-state index in [1.165, 1.54) is 12.1 Å². The van der Waals surface area contributed by atoms with Gasteiger partial charge in [-0.3, -0.25) is 4.79 Å². The Morgan fingerprint density at radius 3 is 2.44 bits per heavy atom. The number of Topliss-reactive ketones (excluding diaryl/α,β-unsaturated/α-hetero) is 1. The third kappa shape index (κ3) is 4.59. The lowest BCUT2D eigenvalue weighted by Crippen LogP contribution is -2.08. The van der Waals surface area contributed by atoms with E-state index in [1.807, 2.05) is 0 Å². The molecule has 1 rings (SSSR count). The largest absolute Gasteiger partial charge is 0.446 e. The van der Waals surface area contributed by atoms with Crippen molar-refractivity contribution in [3.63, 3.8) is 0 Å². The molecule has 0 atom stereocenters. The van der Waals surface area contributed by atoms with Gasteiger partial charge in [-0.1, -0.05) is 44.0 Å². The van der Waals surface area contributed by atoms with Crippen LogP contribution in [0.25, 0.3) is 0 Å². The number of alkyl halides is 5. The van der Waals surface area contributed by atoms with Crippen molar-refractivity contribution in [2.75, 3.05) is 5.33 Å². The summed E-state index contributed by atoms with van der Waals surface area (Å²) in [5, 5.41) is 0.779. The average molecular weight is 406 g/mol. The van der Waals surface area contributed by atoms with Crippen LogP contribution >= 0.6 is 43.6 Å². The highest BCUT2D eigenvalue weighted by Gasteiger charge is 2.31. The van der Waals surface area contributed by atoms with Crippen molar-refractivity contribution in [1.29, 1.82) is 0 Å². The second kappa shape index (κ2) is 6.96. The molecule has 0 saturated carbocycles. The van der Waals surface area contributed by atoms with E-state index in [9.17, 15) is 18.0 Å². The van der Waals surface area contributed by atoms with Crippen LogP contribution in [0.2, 0.25) is 0 Å². The van der Waals surface area contributed by atoms with Gasteiger partial charge in [0.25, 0.3) is 0 Å². The second-order valence-electron chi connectivity index (χ2n) is 3.33. The van der Waals surface area contributed by atoms with E-state index < -0.39 is 5.51 Å². The molecule has 0 aliphatic rings. The predicted octanol–water partition coefficient (Wildman–Crippen LogP) is 5.16. The van der Waals surface area contributed by atoms with E-state index in [4.69, 9.17) is 0 Å². The summed E-state index contributed by atoms with van der Waals surface area (Å²) in [7, 11) is 0. The Kier molecular flexibility index (Phi) is 6.20. The zero-order valence-electron chi connectivity index (χ0n) is 9.06. The standard InChI is InChI=1S/C11H9Br2F3OS/c12-5-4-8(17)10-7(6-13)2-1-3-9(10)18-11(14,15)16/h1-3H,4-6H2. The number of hydrogen-bond donors (Lipinski definition) is 0. The quantitative estimate of drug-likeness (QED) is 0.382. The SMILES string of the molecule is O=C(CCBr)c1c(CBr)cccc1SC(F)(F)F. The molecule has 0 unspecified atom stereocenters. The minimum Gasteiger partial charge on any atom is -0.294 e. The molecule has 0 N–H and O–H groups in total. The van der Waals surface area contributed by atoms with Crippen LogP contribution in [0.3, 0.4) is 0 Å². The molecule has 0 fully saturated rings. The monoisotopic (exact) mass is 404 g/mol. The Hall–Kier alpha value is -0.0100. The summed E-state index contributed by atoms with van der Waals surface area (Å²) in [6.45, 7) is 0. The van der Waals surface area contributed by atoms with Gasteiger partial charge in [0.05, 0.1) is 0 Å². The molecule has 0 amide bonds. The average Bonchev–Trinajstić information content (AvgIpc) is 2.26. The normalized spacial score (nSPS) is 11.6. The number of halogens is 5. The molecule has 0 aromatic heterocycles. The molecule has 0 saturated heterocycles. The van der Waals surface area contributed by atoms with Crippen LogP contribution in [0.1, 0.15) is 22.3 Å². The van der Waals surface area contributed by atoms with Crippen molar-refractivity contribution >= 4 is 49.4 Å². The summed E-state index contributed by atoms with van der Waals surface area (Å²) in [5.41, 5.74) is -3.65. The topological polar surface area (TPSA) is 17.1 Å². The molecule has 18 heavy (non-hydrogen) atoms. The van der Waals surface area contributed by atoms with Crippen LogP contribution in [0.4, 0.5) is 13.2 Å². The molecule has 1 nitrogen and oxygen atoms in total. The molecule has 100 valence electrons. The van der Waals surface area contributed by atoms with Gasteiger partial charge >= 0.3 is 5.51 Å². The first-order chi connectivity index (χ1) is 8.39. The lowest BCUT2D eigenvalue weighted by molar-refractivity contribution is -0.0328. The van der Waals surface area contributed by atoms with Crippen LogP contribution in [0.15, 0.2) is 23.1 Å². The van der Waals surface area contributed by atoms with Crippen molar-refractivity contribution in [2.24, 2.45) is 0 Å². The smallest absolute Gasteiger partial charge is 0.294 e. The molecular formula is C11H9Br2F3OS. The van der Waals surface area contributed by atoms with E-state index in [1.54, 1.807) is 6.07 Å². The van der Waals surface area contributed by atoms with Gasteiger partial charge in [-0.15, -0.1) is 0 Å². The lowest BCUT2D eigenvalue weighted by Gasteiger charge is -2.13. The van der Waals surface area contributed by atoms with Gasteiger partial charge in [0.1, 0.15) is 0 Å². The number of carbonyl (C=O) groups excluding carboxylic acids is 1. The number of thioether (sulfide) groups is 1. The summed E-state index contributed by atoms with van der Waals surface area (Å²) in [6.07, 6.45) is 0.176. The maximum absolute atomic E-state index is 12.4. The summed E-state index contributed by atoms with van der Waals surface area (Å²) in [4.78, 5) is 11.9. The Balaban J connectivity index is 3.20. The maximum atomic E-state index is 12.4. The minimum atomic E-state index is -4.39. The van der Waals surface area contributed by atoms with Gasteiger partial charge in [-0.25, -0.2) is 0 Å². The molecule has 0 heterocycles. The number of hydrogen-bond acceptors (Lipinski definition) is 2. The first-order valence-electron chi connectivity index (χ1n) is 4.91. The van der Waals surface area contributed by atoms with Crippen LogP contribution in [0.5, 0.6) is 0 Å². The van der Waals surface area contributed by atoms with Crippen molar-refractivity contribution in [1.82, 2.24) is 0 Å². The molecule has 0 aliphatic carbocycles. The van der Waals surface area contributed by atoms with Gasteiger partial charge in [-0.2, -0.15) is 13.2 Å². The summed E-state index contributed by atoms with van der Waals surface area (Å²) in [5.74, 6) is -0.284. The Labute approximate surface area is 124 Å². The van der Waals surface area contributed by atoms with Crippen molar-refractivity contribution in [3.8, 4) is 0 Å². The van der Waals surface area contributed by atoms with E-state index in [0.717, 1.165) is 0 Å². The van der Waals surface area contributed by atoms with Gasteiger partial charge in [0.2, 0.25) is 0 Å². The number of carbonyl (C=O) groups is 1. The fraction of sp³-hybridized carbons (Fsp3) is 0.364. The second-order valence-corrected chi connectivity index (χ2v) is 5.79. The summed E-state index contributed by atoms with van der Waals surface area (Å²) in [6, 6.07) is 4.50. The highest BCUT2D eigenvalue weighted by molar-refractivity contribution is 9.09. The first kappa shape index (κ1) is 16.0. The third-order valence-electron chi connectivity index (χ3n) is 2.08. The molecule has 1 aromatic carbocycles. The first-order valence-corrected chi connectivity index (χ1v) is 7.97. The van der Waals surface area contributed by atoms with Crippen LogP contribution in [0, 0.1) is 0 Å². The fourth-order valence-corrected chi connectivity index (χ4v) is 3.00. The van der Waals surface area contributed by atoms with Crippen LogP contribution in [-0.2, 0) is 5.33 Å². The van der Waals surface area contributed by atoms with Crippen molar-refractivity contribution in [2.45, 2.75) is 22.2 Å². The van der Waals surface area contributed by atoms with Gasteiger partial charge in [0.15, 0.2) is 5.78 Å². The zero-order valence-corrected chi connectivity index (χ0v) is 13.0. The van der Waals surface area contributed by atoms with E-state index in [0.29, 0.717) is 16.2 Å². The van der Waals surface area contributed by atoms with Crippen LogP contribution in [-0.4, -0.2) is 16.6 Å². The minimum absolute atomic E-state index is 0.0367. The molecule has 0 spiro atoms. The Morgan fingerprint density at radius 1 is 1.28 bits per heavy atom.